The maximum absolute atomic E-state index is 12.4. The number of piperazine rings is 2. The van der Waals surface area contributed by atoms with Gasteiger partial charge < -0.3 is 64.1 Å². The van der Waals surface area contributed by atoms with Crippen LogP contribution in [0.25, 0.3) is 0 Å². The first-order valence-corrected chi connectivity index (χ1v) is 24.9. The number of nitro groups is 2. The van der Waals surface area contributed by atoms with Crippen molar-refractivity contribution in [2.24, 2.45) is 0 Å². The van der Waals surface area contributed by atoms with E-state index in [9.17, 15) is 46.6 Å². The maximum atomic E-state index is 12.4. The van der Waals surface area contributed by atoms with Gasteiger partial charge in [0.2, 0.25) is 11.9 Å². The Kier molecular flexibility index (Phi) is 18.2. The van der Waals surface area contributed by atoms with E-state index in [4.69, 9.17) is 32.7 Å². The minimum Gasteiger partial charge on any atom is -0.444 e. The van der Waals surface area contributed by atoms with Gasteiger partial charge >= 0.3 is 36.4 Å². The number of benzene rings is 2. The zero-order valence-electron chi connectivity index (χ0n) is 41.3. The molecule has 0 bridgehead atoms. The smallest absolute Gasteiger partial charge is 0.444 e. The molecule has 0 saturated carbocycles. The molecule has 418 valence electrons. The SMILES string of the molecule is CN(Cc1cnc(N2CCN(c3ccc(OC(F)(F)F)cc3)CC2)nc1)[C@@H]1COc2nc([N+](=O)[O-])cn2C1.ClCCl.O=[N+]([O-])c1cn2c(n1)OC[C@@H](NCc1cnc(N3CCN(c4ccc(OC(F)(F)F)cc4)CC3)nc1)C2. The Hall–Kier alpha value is -7.70. The van der Waals surface area contributed by atoms with Crippen molar-refractivity contribution in [2.75, 3.05) is 97.6 Å². The molecule has 8 heterocycles. The third-order valence-corrected chi connectivity index (χ3v) is 12.5. The third-order valence-electron chi connectivity index (χ3n) is 12.5. The number of aromatic nitrogens is 8. The van der Waals surface area contributed by atoms with Gasteiger partial charge in [-0.3, -0.25) is 14.0 Å². The molecule has 4 aliphatic rings. The molecule has 1 N–H and O–H groups in total. The molecular weight excluding hydrogens is 1090 g/mol. The first-order chi connectivity index (χ1) is 37.3. The molecule has 0 unspecified atom stereocenters. The molecule has 32 heteroatoms. The van der Waals surface area contributed by atoms with E-state index in [1.54, 1.807) is 58.2 Å². The van der Waals surface area contributed by atoms with E-state index in [-0.39, 0.29) is 52.6 Å². The Bertz CT molecular complexity index is 2910. The predicted octanol–water partition coefficient (Wildman–Crippen LogP) is 6.48. The fraction of sp³-hybridized carbons (Fsp3) is 0.435. The average molecular weight is 1140 g/mol. The quantitative estimate of drug-likeness (QED) is 0.0531. The van der Waals surface area contributed by atoms with Crippen LogP contribution in [0.1, 0.15) is 11.1 Å². The molecule has 0 spiro atoms. The van der Waals surface area contributed by atoms with Crippen molar-refractivity contribution in [3.05, 3.63) is 117 Å². The molecule has 24 nitrogen and oxygen atoms in total. The Balaban J connectivity index is 0.000000196. The average Bonchev–Trinajstić information content (AvgIpc) is 4.08. The van der Waals surface area contributed by atoms with Gasteiger partial charge in [0.1, 0.15) is 37.1 Å². The standard InChI is InChI=1S/C23H25F3N8O4.C22H23F3N8O4.CH2Cl2/c1-30(18-13-33-14-20(34(35)36)29-22(33)37-15-18)12-16-10-27-21(28-11-16)32-8-6-31(7-9-32)17-2-4-19(5-3-17)38-23(24,25)26;23-22(24,25)37-18-3-1-17(2-4-18)30-5-7-31(8-6-30)20-27-10-15(11-28-20)9-26-16-12-32-13-19(33(34)35)29-21(32)36-14-16;2-1-3/h2-5,10-11,14,18H,6-9,12-13,15H2,1H3;1-4,10-11,13,16,26H,5-9,12,14H2;1H2/t18-;16-;/m00./s1. The van der Waals surface area contributed by atoms with E-state index < -0.39 is 22.6 Å². The zero-order chi connectivity index (χ0) is 55.6. The molecule has 10 rings (SSSR count). The van der Waals surface area contributed by atoms with E-state index in [0.717, 1.165) is 22.5 Å². The number of anilines is 4. The van der Waals surface area contributed by atoms with E-state index in [0.29, 0.717) is 104 Å². The van der Waals surface area contributed by atoms with Crippen LogP contribution in [-0.2, 0) is 26.2 Å². The number of hydrogen-bond acceptors (Lipinski definition) is 20. The third kappa shape index (κ3) is 15.5. The summed E-state index contributed by atoms with van der Waals surface area (Å²) in [6.07, 6.45) is 0.375. The molecule has 2 atom stereocenters. The number of rotatable bonds is 14. The second-order valence-electron chi connectivity index (χ2n) is 17.8. The first-order valence-electron chi connectivity index (χ1n) is 23.9. The van der Waals surface area contributed by atoms with Gasteiger partial charge in [-0.2, -0.15) is 0 Å². The van der Waals surface area contributed by atoms with E-state index in [2.05, 4.69) is 69.2 Å². The predicted molar refractivity (Wildman–Crippen MR) is 270 cm³/mol. The summed E-state index contributed by atoms with van der Waals surface area (Å²) in [5.41, 5.74) is 3.44. The van der Waals surface area contributed by atoms with Gasteiger partial charge in [0, 0.05) is 136 Å². The van der Waals surface area contributed by atoms with Gasteiger partial charge in [0.05, 0.1) is 17.4 Å². The van der Waals surface area contributed by atoms with Crippen LogP contribution >= 0.6 is 23.2 Å². The summed E-state index contributed by atoms with van der Waals surface area (Å²) in [7, 11) is 1.94. The number of halogens is 8. The van der Waals surface area contributed by atoms with Crippen molar-refractivity contribution in [3.63, 3.8) is 0 Å². The van der Waals surface area contributed by atoms with Crippen LogP contribution in [0.5, 0.6) is 23.5 Å². The van der Waals surface area contributed by atoms with Crippen LogP contribution in [0.2, 0.25) is 0 Å². The maximum Gasteiger partial charge on any atom is 0.573 e. The van der Waals surface area contributed by atoms with E-state index >= 15 is 0 Å². The molecule has 2 fully saturated rings. The molecule has 0 radical (unpaired) electrons. The normalized spacial score (nSPS) is 17.3. The second kappa shape index (κ2) is 25.2. The number of imidazole rings is 2. The van der Waals surface area contributed by atoms with Crippen molar-refractivity contribution in [1.29, 1.82) is 0 Å². The Morgan fingerprint density at radius 1 is 0.641 bits per heavy atom. The highest BCUT2D eigenvalue weighted by atomic mass is 35.5. The fourth-order valence-corrected chi connectivity index (χ4v) is 8.67. The van der Waals surface area contributed by atoms with Crippen molar-refractivity contribution < 1.29 is 55.1 Å². The molecule has 78 heavy (non-hydrogen) atoms. The van der Waals surface area contributed by atoms with Crippen LogP contribution in [0.3, 0.4) is 0 Å². The largest absolute Gasteiger partial charge is 0.573 e. The van der Waals surface area contributed by atoms with Gasteiger partial charge in [0.15, 0.2) is 0 Å². The van der Waals surface area contributed by atoms with Crippen LogP contribution in [0.4, 0.5) is 61.2 Å². The molecule has 4 aliphatic heterocycles. The summed E-state index contributed by atoms with van der Waals surface area (Å²) in [5, 5.41) is 25.4. The number of alkyl halides is 8. The lowest BCUT2D eigenvalue weighted by Crippen LogP contribution is -2.47. The Labute approximate surface area is 450 Å². The summed E-state index contributed by atoms with van der Waals surface area (Å²) in [6.45, 7) is 8.14. The molecule has 6 aromatic rings. The minimum absolute atomic E-state index is 0.00171. The summed E-state index contributed by atoms with van der Waals surface area (Å²) in [4.78, 5) is 56.8. The van der Waals surface area contributed by atoms with Crippen LogP contribution in [0, 0.1) is 20.2 Å². The summed E-state index contributed by atoms with van der Waals surface area (Å²) in [5.74, 6) is 0.250. The fourth-order valence-electron chi connectivity index (χ4n) is 8.67. The number of nitrogens with zero attached hydrogens (tertiary/aromatic N) is 15. The topological polar surface area (TPSA) is 239 Å². The molecule has 0 amide bonds. The summed E-state index contributed by atoms with van der Waals surface area (Å²) in [6, 6.07) is 12.1. The van der Waals surface area contributed by atoms with E-state index in [1.807, 2.05) is 7.05 Å². The van der Waals surface area contributed by atoms with Crippen LogP contribution in [-0.4, -0.2) is 157 Å². The molecule has 4 aromatic heterocycles. The molecule has 0 aliphatic carbocycles. The van der Waals surface area contributed by atoms with Gasteiger partial charge in [-0.25, -0.2) is 19.9 Å². The van der Waals surface area contributed by atoms with Gasteiger partial charge in [-0.15, -0.1) is 49.5 Å². The highest BCUT2D eigenvalue weighted by molar-refractivity contribution is 6.40. The summed E-state index contributed by atoms with van der Waals surface area (Å²) < 4.78 is 96.4. The van der Waals surface area contributed by atoms with Crippen LogP contribution in [0.15, 0.2) is 85.7 Å². The van der Waals surface area contributed by atoms with Gasteiger partial charge in [-0.05, 0) is 65.4 Å². The first kappa shape index (κ1) is 56.5. The number of ether oxygens (including phenoxy) is 4. The Morgan fingerprint density at radius 2 is 1.04 bits per heavy atom. The lowest BCUT2D eigenvalue weighted by molar-refractivity contribution is -0.389. The van der Waals surface area contributed by atoms with Crippen molar-refractivity contribution in [2.45, 2.75) is 51.0 Å². The van der Waals surface area contributed by atoms with Crippen molar-refractivity contribution in [3.8, 4) is 23.5 Å². The highest BCUT2D eigenvalue weighted by Crippen LogP contribution is 2.29. The van der Waals surface area contributed by atoms with Crippen molar-refractivity contribution >= 4 is 58.1 Å². The second-order valence-corrected chi connectivity index (χ2v) is 18.6. The molecule has 2 saturated heterocycles. The number of hydrogen-bond donors (Lipinski definition) is 1. The van der Waals surface area contributed by atoms with Gasteiger partial charge in [-0.1, -0.05) is 0 Å². The number of fused-ring (bicyclic) bond motifs is 2. The zero-order valence-corrected chi connectivity index (χ0v) is 42.9. The minimum atomic E-state index is -4.71. The highest BCUT2D eigenvalue weighted by Gasteiger charge is 2.34. The van der Waals surface area contributed by atoms with Gasteiger partial charge in [0.25, 0.3) is 0 Å². The summed E-state index contributed by atoms with van der Waals surface area (Å²) >= 11 is 9.53. The Morgan fingerprint density at radius 3 is 1.46 bits per heavy atom. The van der Waals surface area contributed by atoms with E-state index in [1.165, 1.54) is 36.7 Å². The van der Waals surface area contributed by atoms with Crippen molar-refractivity contribution in [1.82, 2.24) is 49.3 Å². The number of likely N-dealkylation sites (N-methyl/N-ethyl adjacent to an activating group) is 1. The molecule has 2 aromatic carbocycles. The lowest BCUT2D eigenvalue weighted by atomic mass is 10.2. The molecular formula is C46H50Cl2F6N16O8. The monoisotopic (exact) mass is 1140 g/mol. The van der Waals surface area contributed by atoms with Crippen LogP contribution < -0.4 is 43.9 Å². The lowest BCUT2D eigenvalue weighted by Gasteiger charge is -2.36. The number of nitrogens with one attached hydrogen (secondary N) is 1.